The summed E-state index contributed by atoms with van der Waals surface area (Å²) in [5.41, 5.74) is -4.21. The maximum absolute atomic E-state index is 11.9. The first-order valence-corrected chi connectivity index (χ1v) is 6.97. The lowest BCUT2D eigenvalue weighted by Crippen LogP contribution is -2.27. The fourth-order valence-electron chi connectivity index (χ4n) is 1.22. The van der Waals surface area contributed by atoms with Crippen LogP contribution >= 0.6 is 11.8 Å². The minimum Gasteiger partial charge on any atom is -0.369 e. The Morgan fingerprint density at radius 1 is 1.30 bits per heavy atom. The summed E-state index contributed by atoms with van der Waals surface area (Å²) in [4.78, 5) is 11.6. The number of halogens is 3. The van der Waals surface area contributed by atoms with E-state index in [1.165, 1.54) is 6.07 Å². The van der Waals surface area contributed by atoms with Crippen molar-refractivity contribution in [3.05, 3.63) is 17.8 Å². The number of carbonyl (C=O) groups is 1. The summed E-state index contributed by atoms with van der Waals surface area (Å²) in [6.07, 6.45) is 0.931. The van der Waals surface area contributed by atoms with Gasteiger partial charge in [-0.25, -0.2) is 0 Å². The third-order valence-corrected chi connectivity index (χ3v) is 2.84. The van der Waals surface area contributed by atoms with E-state index in [1.54, 1.807) is 6.07 Å². The van der Waals surface area contributed by atoms with Gasteiger partial charge in [0.2, 0.25) is 0 Å². The van der Waals surface area contributed by atoms with Gasteiger partial charge in [-0.05, 0) is 30.3 Å². The SMILES string of the molecule is CCCNc1ccc(C(=O)NCCSC(F)(F)F)nn1. The van der Waals surface area contributed by atoms with Gasteiger partial charge in [-0.3, -0.25) is 4.79 Å². The molecule has 0 saturated heterocycles. The van der Waals surface area contributed by atoms with Gasteiger partial charge in [0.05, 0.1) is 0 Å². The van der Waals surface area contributed by atoms with Crippen molar-refractivity contribution in [2.75, 3.05) is 24.2 Å². The zero-order valence-corrected chi connectivity index (χ0v) is 11.6. The van der Waals surface area contributed by atoms with Crippen molar-refractivity contribution >= 4 is 23.5 Å². The minimum absolute atomic E-state index is 0.0732. The highest BCUT2D eigenvalue weighted by Crippen LogP contribution is 2.29. The molecule has 20 heavy (non-hydrogen) atoms. The van der Waals surface area contributed by atoms with Crippen LogP contribution in [-0.2, 0) is 0 Å². The van der Waals surface area contributed by atoms with Crippen LogP contribution in [-0.4, -0.2) is 40.5 Å². The van der Waals surface area contributed by atoms with Crippen molar-refractivity contribution in [3.63, 3.8) is 0 Å². The predicted octanol–water partition coefficient (Wildman–Crippen LogP) is 2.28. The average Bonchev–Trinajstić information content (AvgIpc) is 2.40. The molecule has 0 spiro atoms. The van der Waals surface area contributed by atoms with E-state index in [1.807, 2.05) is 6.92 Å². The summed E-state index contributed by atoms with van der Waals surface area (Å²) in [7, 11) is 0. The molecule has 112 valence electrons. The second kappa shape index (κ2) is 7.93. The zero-order chi connectivity index (χ0) is 15.0. The molecule has 5 nitrogen and oxygen atoms in total. The summed E-state index contributed by atoms with van der Waals surface area (Å²) < 4.78 is 35.6. The molecule has 1 aromatic rings. The van der Waals surface area contributed by atoms with E-state index in [9.17, 15) is 18.0 Å². The average molecular weight is 308 g/mol. The van der Waals surface area contributed by atoms with E-state index < -0.39 is 11.4 Å². The second-order valence-corrected chi connectivity index (χ2v) is 4.94. The highest BCUT2D eigenvalue weighted by molar-refractivity contribution is 8.00. The maximum Gasteiger partial charge on any atom is 0.441 e. The number of hydrogen-bond donors (Lipinski definition) is 2. The van der Waals surface area contributed by atoms with Crippen LogP contribution in [0.1, 0.15) is 23.8 Å². The molecule has 0 bridgehead atoms. The number of amides is 1. The highest BCUT2D eigenvalue weighted by Gasteiger charge is 2.27. The number of hydrogen-bond acceptors (Lipinski definition) is 5. The van der Waals surface area contributed by atoms with Crippen LogP contribution in [0.15, 0.2) is 12.1 Å². The Hall–Kier alpha value is -1.51. The van der Waals surface area contributed by atoms with Gasteiger partial charge in [-0.15, -0.1) is 10.2 Å². The Kier molecular flexibility index (Phi) is 6.56. The first-order valence-electron chi connectivity index (χ1n) is 5.99. The summed E-state index contributed by atoms with van der Waals surface area (Å²) in [5.74, 6) is -0.225. The molecule has 0 aliphatic carbocycles. The molecule has 1 aromatic heterocycles. The number of thioether (sulfide) groups is 1. The lowest BCUT2D eigenvalue weighted by atomic mass is 10.3. The van der Waals surface area contributed by atoms with Crippen LogP contribution in [0.25, 0.3) is 0 Å². The van der Waals surface area contributed by atoms with E-state index in [-0.39, 0.29) is 29.8 Å². The van der Waals surface area contributed by atoms with Gasteiger partial charge in [0, 0.05) is 18.8 Å². The maximum atomic E-state index is 11.9. The zero-order valence-electron chi connectivity index (χ0n) is 10.8. The lowest BCUT2D eigenvalue weighted by molar-refractivity contribution is -0.0327. The lowest BCUT2D eigenvalue weighted by Gasteiger charge is -2.07. The predicted molar refractivity (Wildman–Crippen MR) is 71.7 cm³/mol. The fourth-order valence-corrected chi connectivity index (χ4v) is 1.66. The number of rotatable bonds is 7. The van der Waals surface area contributed by atoms with Crippen LogP contribution < -0.4 is 10.6 Å². The summed E-state index contributed by atoms with van der Waals surface area (Å²) in [6.45, 7) is 2.66. The topological polar surface area (TPSA) is 66.9 Å². The van der Waals surface area contributed by atoms with E-state index in [2.05, 4.69) is 20.8 Å². The van der Waals surface area contributed by atoms with Gasteiger partial charge < -0.3 is 10.6 Å². The Morgan fingerprint density at radius 2 is 2.05 bits per heavy atom. The molecule has 0 aliphatic rings. The second-order valence-electron chi connectivity index (χ2n) is 3.78. The molecular weight excluding hydrogens is 293 g/mol. The first kappa shape index (κ1) is 16.5. The van der Waals surface area contributed by atoms with E-state index in [4.69, 9.17) is 0 Å². The molecule has 9 heteroatoms. The van der Waals surface area contributed by atoms with Crippen molar-refractivity contribution in [3.8, 4) is 0 Å². The molecule has 2 N–H and O–H groups in total. The van der Waals surface area contributed by atoms with Gasteiger partial charge in [0.1, 0.15) is 5.82 Å². The summed E-state index contributed by atoms with van der Waals surface area (Å²) in [6, 6.07) is 3.07. The van der Waals surface area contributed by atoms with Gasteiger partial charge in [0.25, 0.3) is 5.91 Å². The van der Waals surface area contributed by atoms with Crippen molar-refractivity contribution in [1.29, 1.82) is 0 Å². The Morgan fingerprint density at radius 3 is 2.60 bits per heavy atom. The number of carbonyl (C=O) groups excluding carboxylic acids is 1. The molecule has 1 amide bonds. The van der Waals surface area contributed by atoms with Gasteiger partial charge in [-0.2, -0.15) is 13.2 Å². The molecule has 1 heterocycles. The van der Waals surface area contributed by atoms with E-state index >= 15 is 0 Å². The van der Waals surface area contributed by atoms with Gasteiger partial charge >= 0.3 is 5.51 Å². The monoisotopic (exact) mass is 308 g/mol. The molecular formula is C11H15F3N4OS. The molecule has 0 aromatic carbocycles. The smallest absolute Gasteiger partial charge is 0.369 e. The normalized spacial score (nSPS) is 11.2. The van der Waals surface area contributed by atoms with Gasteiger partial charge in [0.15, 0.2) is 5.69 Å². The van der Waals surface area contributed by atoms with Crippen LogP contribution in [0.4, 0.5) is 19.0 Å². The Bertz CT molecular complexity index is 425. The Balaban J connectivity index is 2.36. The summed E-state index contributed by atoms with van der Waals surface area (Å²) in [5, 5.41) is 12.9. The van der Waals surface area contributed by atoms with E-state index in [0.29, 0.717) is 5.82 Å². The molecule has 0 aliphatic heterocycles. The number of aromatic nitrogens is 2. The van der Waals surface area contributed by atoms with Crippen LogP contribution in [0.3, 0.4) is 0 Å². The molecule has 0 fully saturated rings. The quantitative estimate of drug-likeness (QED) is 0.757. The molecule has 0 atom stereocenters. The van der Waals surface area contributed by atoms with Crippen LogP contribution in [0.2, 0.25) is 0 Å². The molecule has 0 radical (unpaired) electrons. The third kappa shape index (κ3) is 6.60. The highest BCUT2D eigenvalue weighted by atomic mass is 32.2. The number of alkyl halides is 3. The molecule has 0 unspecified atom stereocenters. The Labute approximate surface area is 118 Å². The van der Waals surface area contributed by atoms with Crippen molar-refractivity contribution in [2.45, 2.75) is 18.9 Å². The van der Waals surface area contributed by atoms with Crippen molar-refractivity contribution in [1.82, 2.24) is 15.5 Å². The largest absolute Gasteiger partial charge is 0.441 e. The number of nitrogens with zero attached hydrogens (tertiary/aromatic N) is 2. The van der Waals surface area contributed by atoms with Crippen molar-refractivity contribution < 1.29 is 18.0 Å². The number of anilines is 1. The summed E-state index contributed by atoms with van der Waals surface area (Å²) >= 11 is -0.178. The molecule has 1 rings (SSSR count). The van der Waals surface area contributed by atoms with Crippen molar-refractivity contribution in [2.24, 2.45) is 0 Å². The first-order chi connectivity index (χ1) is 9.42. The number of nitrogens with one attached hydrogen (secondary N) is 2. The fraction of sp³-hybridized carbons (Fsp3) is 0.545. The van der Waals surface area contributed by atoms with Crippen LogP contribution in [0, 0.1) is 0 Å². The van der Waals surface area contributed by atoms with Crippen LogP contribution in [0.5, 0.6) is 0 Å². The molecule has 0 saturated carbocycles. The van der Waals surface area contributed by atoms with E-state index in [0.717, 1.165) is 13.0 Å². The minimum atomic E-state index is -4.28. The standard InChI is InChI=1S/C11H15F3N4OS/c1-2-5-15-9-4-3-8(17-18-9)10(19)16-6-7-20-11(12,13)14/h3-4H,2,5-7H2,1H3,(H,15,18)(H,16,19). The third-order valence-electron chi connectivity index (χ3n) is 2.11. The van der Waals surface area contributed by atoms with Gasteiger partial charge in [-0.1, -0.05) is 6.92 Å².